The molecule has 0 radical (unpaired) electrons. The topological polar surface area (TPSA) is 6.48 Å². The quantitative estimate of drug-likeness (QED) is 0.805. The van der Waals surface area contributed by atoms with Crippen molar-refractivity contribution in [3.63, 3.8) is 0 Å². The lowest BCUT2D eigenvalue weighted by atomic mass is 10.2. The van der Waals surface area contributed by atoms with Crippen molar-refractivity contribution in [1.29, 1.82) is 0 Å². The average molecular weight is 253 g/mol. The maximum atomic E-state index is 6.39. The Kier molecular flexibility index (Phi) is 4.16. The van der Waals surface area contributed by atoms with E-state index in [4.69, 9.17) is 11.6 Å². The van der Waals surface area contributed by atoms with E-state index < -0.39 is 0 Å². The normalized spacial score (nSPS) is 15.4. The van der Waals surface area contributed by atoms with E-state index in [0.29, 0.717) is 0 Å². The lowest BCUT2D eigenvalue weighted by molar-refractivity contribution is 0.865. The Bertz CT molecular complexity index is 368. The molecule has 1 aromatic carbocycles. The molecule has 1 aromatic rings. The molecule has 1 saturated heterocycles. The summed E-state index contributed by atoms with van der Waals surface area (Å²) in [4.78, 5) is 4.70. The molecular formula is C14H21ClN2. The Balaban J connectivity index is 2.21. The lowest BCUT2D eigenvalue weighted by Crippen LogP contribution is -2.22. The first kappa shape index (κ1) is 12.6. The SMILES string of the molecule is CCN(CC)c1ccc(N2CCCC2)cc1Cl. The zero-order valence-corrected chi connectivity index (χ0v) is 11.5. The van der Waals surface area contributed by atoms with Crippen molar-refractivity contribution in [3.05, 3.63) is 23.2 Å². The minimum absolute atomic E-state index is 0.873. The third-order valence-corrected chi connectivity index (χ3v) is 3.81. The van der Waals surface area contributed by atoms with Crippen LogP contribution in [-0.4, -0.2) is 26.2 Å². The predicted octanol–water partition coefficient (Wildman–Crippen LogP) is 3.79. The Hall–Kier alpha value is -0.890. The van der Waals surface area contributed by atoms with Gasteiger partial charge in [-0.05, 0) is 44.9 Å². The molecule has 0 unspecified atom stereocenters. The molecule has 1 fully saturated rings. The fraction of sp³-hybridized carbons (Fsp3) is 0.571. The fourth-order valence-corrected chi connectivity index (χ4v) is 2.78. The van der Waals surface area contributed by atoms with Gasteiger partial charge in [-0.2, -0.15) is 0 Å². The van der Waals surface area contributed by atoms with Crippen LogP contribution in [0.15, 0.2) is 18.2 Å². The van der Waals surface area contributed by atoms with Crippen molar-refractivity contribution < 1.29 is 0 Å². The minimum atomic E-state index is 0.873. The molecule has 0 aliphatic carbocycles. The van der Waals surface area contributed by atoms with Crippen LogP contribution in [0.25, 0.3) is 0 Å². The molecule has 0 saturated carbocycles. The van der Waals surface area contributed by atoms with E-state index in [1.54, 1.807) is 0 Å². The van der Waals surface area contributed by atoms with Gasteiger partial charge >= 0.3 is 0 Å². The molecule has 0 aromatic heterocycles. The largest absolute Gasteiger partial charge is 0.371 e. The van der Waals surface area contributed by atoms with Crippen molar-refractivity contribution >= 4 is 23.0 Å². The second-order valence-corrected chi connectivity index (χ2v) is 4.91. The Morgan fingerprint density at radius 1 is 1.18 bits per heavy atom. The van der Waals surface area contributed by atoms with Crippen LogP contribution in [0.3, 0.4) is 0 Å². The summed E-state index contributed by atoms with van der Waals surface area (Å²) in [5.74, 6) is 0. The van der Waals surface area contributed by atoms with Crippen LogP contribution in [0.5, 0.6) is 0 Å². The summed E-state index contributed by atoms with van der Waals surface area (Å²) in [6, 6.07) is 6.47. The first-order valence-electron chi connectivity index (χ1n) is 6.55. The maximum Gasteiger partial charge on any atom is 0.0660 e. The standard InChI is InChI=1S/C14H21ClN2/c1-3-16(4-2)14-8-7-12(11-13(14)15)17-9-5-6-10-17/h7-8,11H,3-6,9-10H2,1-2H3. The Morgan fingerprint density at radius 2 is 1.82 bits per heavy atom. The van der Waals surface area contributed by atoms with Gasteiger partial charge in [-0.3, -0.25) is 0 Å². The van der Waals surface area contributed by atoms with Crippen molar-refractivity contribution in [2.45, 2.75) is 26.7 Å². The first-order valence-corrected chi connectivity index (χ1v) is 6.93. The number of anilines is 2. The minimum Gasteiger partial charge on any atom is -0.371 e. The number of nitrogens with zero attached hydrogens (tertiary/aromatic N) is 2. The summed E-state index contributed by atoms with van der Waals surface area (Å²) in [6.07, 6.45) is 2.60. The Labute approximate surface area is 109 Å². The molecule has 1 aliphatic rings. The molecule has 3 heteroatoms. The summed E-state index contributed by atoms with van der Waals surface area (Å²) in [7, 11) is 0. The van der Waals surface area contributed by atoms with E-state index in [9.17, 15) is 0 Å². The van der Waals surface area contributed by atoms with Crippen LogP contribution in [-0.2, 0) is 0 Å². The molecule has 0 bridgehead atoms. The highest BCUT2D eigenvalue weighted by atomic mass is 35.5. The van der Waals surface area contributed by atoms with Crippen molar-refractivity contribution in [2.24, 2.45) is 0 Å². The summed E-state index contributed by atoms with van der Waals surface area (Å²) < 4.78 is 0. The van der Waals surface area contributed by atoms with E-state index in [-0.39, 0.29) is 0 Å². The molecule has 94 valence electrons. The third kappa shape index (κ3) is 2.68. The number of rotatable bonds is 4. The van der Waals surface area contributed by atoms with E-state index in [1.807, 2.05) is 0 Å². The smallest absolute Gasteiger partial charge is 0.0660 e. The lowest BCUT2D eigenvalue weighted by Gasteiger charge is -2.24. The third-order valence-electron chi connectivity index (χ3n) is 3.51. The second-order valence-electron chi connectivity index (χ2n) is 4.50. The summed E-state index contributed by atoms with van der Waals surface area (Å²) in [6.45, 7) is 8.66. The molecular weight excluding hydrogens is 232 g/mol. The van der Waals surface area contributed by atoms with Gasteiger partial charge in [-0.25, -0.2) is 0 Å². The summed E-state index contributed by atoms with van der Waals surface area (Å²) in [5, 5.41) is 0.873. The molecule has 0 spiro atoms. The van der Waals surface area contributed by atoms with Gasteiger partial charge < -0.3 is 9.80 Å². The van der Waals surface area contributed by atoms with Gasteiger partial charge in [-0.15, -0.1) is 0 Å². The van der Waals surface area contributed by atoms with Gasteiger partial charge in [0.1, 0.15) is 0 Å². The average Bonchev–Trinajstić information content (AvgIpc) is 2.86. The van der Waals surface area contributed by atoms with Crippen LogP contribution in [0.1, 0.15) is 26.7 Å². The fourth-order valence-electron chi connectivity index (χ4n) is 2.49. The second kappa shape index (κ2) is 5.63. The molecule has 1 heterocycles. The van der Waals surface area contributed by atoms with Crippen LogP contribution in [0.2, 0.25) is 5.02 Å². The van der Waals surface area contributed by atoms with Gasteiger partial charge in [0.05, 0.1) is 10.7 Å². The zero-order chi connectivity index (χ0) is 12.3. The van der Waals surface area contributed by atoms with Gasteiger partial charge in [0.15, 0.2) is 0 Å². The van der Waals surface area contributed by atoms with Crippen molar-refractivity contribution in [2.75, 3.05) is 36.0 Å². The van der Waals surface area contributed by atoms with Gasteiger partial charge in [-0.1, -0.05) is 11.6 Å². The van der Waals surface area contributed by atoms with E-state index in [2.05, 4.69) is 41.8 Å². The molecule has 1 aliphatic heterocycles. The highest BCUT2D eigenvalue weighted by molar-refractivity contribution is 6.33. The number of benzene rings is 1. The van der Waals surface area contributed by atoms with Crippen molar-refractivity contribution in [3.8, 4) is 0 Å². The van der Waals surface area contributed by atoms with Gasteiger partial charge in [0, 0.05) is 31.9 Å². The predicted molar refractivity (Wildman–Crippen MR) is 76.5 cm³/mol. The van der Waals surface area contributed by atoms with Gasteiger partial charge in [0.2, 0.25) is 0 Å². The van der Waals surface area contributed by atoms with Crippen LogP contribution in [0, 0.1) is 0 Å². The van der Waals surface area contributed by atoms with E-state index >= 15 is 0 Å². The highest BCUT2D eigenvalue weighted by Crippen LogP contribution is 2.31. The first-order chi connectivity index (χ1) is 8.26. The van der Waals surface area contributed by atoms with Crippen molar-refractivity contribution in [1.82, 2.24) is 0 Å². The number of halogens is 1. The molecule has 0 atom stereocenters. The zero-order valence-electron chi connectivity index (χ0n) is 10.7. The molecule has 2 rings (SSSR count). The molecule has 2 nitrogen and oxygen atoms in total. The maximum absolute atomic E-state index is 6.39. The summed E-state index contributed by atoms with van der Waals surface area (Å²) in [5.41, 5.74) is 2.42. The Morgan fingerprint density at radius 3 is 2.35 bits per heavy atom. The summed E-state index contributed by atoms with van der Waals surface area (Å²) >= 11 is 6.39. The monoisotopic (exact) mass is 252 g/mol. The van der Waals surface area contributed by atoms with Crippen LogP contribution >= 0.6 is 11.6 Å². The van der Waals surface area contributed by atoms with E-state index in [0.717, 1.165) is 23.8 Å². The molecule has 0 N–H and O–H groups in total. The van der Waals surface area contributed by atoms with Crippen LogP contribution < -0.4 is 9.80 Å². The van der Waals surface area contributed by atoms with Gasteiger partial charge in [0.25, 0.3) is 0 Å². The number of hydrogen-bond acceptors (Lipinski definition) is 2. The van der Waals surface area contributed by atoms with E-state index in [1.165, 1.54) is 31.6 Å². The van der Waals surface area contributed by atoms with Crippen LogP contribution in [0.4, 0.5) is 11.4 Å². The molecule has 0 amide bonds. The number of hydrogen-bond donors (Lipinski definition) is 0. The molecule has 17 heavy (non-hydrogen) atoms. The highest BCUT2D eigenvalue weighted by Gasteiger charge is 2.14.